The molecule has 0 radical (unpaired) electrons. The van der Waals surface area contributed by atoms with Gasteiger partial charge in [0.25, 0.3) is 11.7 Å². The van der Waals surface area contributed by atoms with Crippen molar-refractivity contribution in [2.75, 3.05) is 27.2 Å². The van der Waals surface area contributed by atoms with Crippen molar-refractivity contribution in [3.8, 4) is 5.75 Å². The Morgan fingerprint density at radius 3 is 2.37 bits per heavy atom. The lowest BCUT2D eigenvalue weighted by Crippen LogP contribution is -2.35. The number of hydrogen-bond donors (Lipinski definition) is 1. The standard InChI is InChI=1S/C23H28N2O5/c1-14(2)29-17-9-7-16(8-10-17)21(26)19-20(18-11-6-15(3)30-18)25(13-12-24(4)5)23(28)22(19)27/h6-11,14,20,26H,12-13H2,1-5H3/t20-/m0/s1. The van der Waals surface area contributed by atoms with E-state index in [2.05, 4.69) is 0 Å². The van der Waals surface area contributed by atoms with E-state index in [4.69, 9.17) is 9.15 Å². The summed E-state index contributed by atoms with van der Waals surface area (Å²) in [5, 5.41) is 11.0. The molecule has 1 aromatic heterocycles. The van der Waals surface area contributed by atoms with Crippen LogP contribution in [0, 0.1) is 6.92 Å². The number of carbonyl (C=O) groups excluding carboxylic acids is 2. The Balaban J connectivity index is 2.04. The quantitative estimate of drug-likeness (QED) is 0.427. The summed E-state index contributed by atoms with van der Waals surface area (Å²) in [5.74, 6) is 0.192. The van der Waals surface area contributed by atoms with Crippen molar-refractivity contribution in [3.63, 3.8) is 0 Å². The molecule has 1 saturated heterocycles. The summed E-state index contributed by atoms with van der Waals surface area (Å²) in [5.41, 5.74) is 0.468. The molecule has 1 aliphatic heterocycles. The first-order valence-corrected chi connectivity index (χ1v) is 9.95. The van der Waals surface area contributed by atoms with Crippen molar-refractivity contribution >= 4 is 17.4 Å². The van der Waals surface area contributed by atoms with Gasteiger partial charge in [-0.1, -0.05) is 0 Å². The molecule has 0 aliphatic carbocycles. The first kappa shape index (κ1) is 21.6. The normalized spacial score (nSPS) is 18.6. The first-order chi connectivity index (χ1) is 14.2. The first-order valence-electron chi connectivity index (χ1n) is 9.95. The fraction of sp³-hybridized carbons (Fsp3) is 0.391. The Hall–Kier alpha value is -3.06. The van der Waals surface area contributed by atoms with E-state index in [9.17, 15) is 14.7 Å². The zero-order valence-electron chi connectivity index (χ0n) is 18.0. The fourth-order valence-electron chi connectivity index (χ4n) is 3.43. The van der Waals surface area contributed by atoms with Gasteiger partial charge in [0.1, 0.15) is 29.1 Å². The van der Waals surface area contributed by atoms with Gasteiger partial charge < -0.3 is 24.1 Å². The Morgan fingerprint density at radius 2 is 1.83 bits per heavy atom. The molecule has 0 unspecified atom stereocenters. The molecule has 0 spiro atoms. The third-order valence-corrected chi connectivity index (χ3v) is 4.86. The second-order valence-corrected chi connectivity index (χ2v) is 7.94. The van der Waals surface area contributed by atoms with Crippen LogP contribution in [0.25, 0.3) is 5.76 Å². The Morgan fingerprint density at radius 1 is 1.17 bits per heavy atom. The number of furan rings is 1. The average Bonchev–Trinajstić information content (AvgIpc) is 3.21. The zero-order chi connectivity index (χ0) is 22.0. The molecule has 1 aliphatic rings. The molecule has 1 amide bonds. The summed E-state index contributed by atoms with van der Waals surface area (Å²) < 4.78 is 11.4. The van der Waals surface area contributed by atoms with Crippen LogP contribution in [-0.4, -0.2) is 59.9 Å². The number of likely N-dealkylation sites (N-methyl/N-ethyl adjacent to an activating group) is 1. The summed E-state index contributed by atoms with van der Waals surface area (Å²) in [6, 6.07) is 9.54. The second-order valence-electron chi connectivity index (χ2n) is 7.94. The van der Waals surface area contributed by atoms with Crippen LogP contribution in [0.5, 0.6) is 5.75 Å². The van der Waals surface area contributed by atoms with E-state index in [1.54, 1.807) is 43.3 Å². The van der Waals surface area contributed by atoms with E-state index >= 15 is 0 Å². The number of amides is 1. The van der Waals surface area contributed by atoms with Crippen LogP contribution >= 0.6 is 0 Å². The second kappa shape index (κ2) is 8.75. The summed E-state index contributed by atoms with van der Waals surface area (Å²) in [7, 11) is 3.78. The highest BCUT2D eigenvalue weighted by atomic mass is 16.5. The van der Waals surface area contributed by atoms with Crippen molar-refractivity contribution in [2.45, 2.75) is 32.9 Å². The maximum atomic E-state index is 12.9. The number of aryl methyl sites for hydroxylation is 1. The van der Waals surface area contributed by atoms with E-state index in [0.29, 0.717) is 35.9 Å². The van der Waals surface area contributed by atoms with Gasteiger partial charge in [0, 0.05) is 18.7 Å². The van der Waals surface area contributed by atoms with Crippen LogP contribution in [-0.2, 0) is 9.59 Å². The van der Waals surface area contributed by atoms with Crippen LogP contribution in [0.1, 0.15) is 37.0 Å². The fourth-order valence-corrected chi connectivity index (χ4v) is 3.43. The lowest BCUT2D eigenvalue weighted by molar-refractivity contribution is -0.140. The van der Waals surface area contributed by atoms with Crippen LogP contribution in [0.2, 0.25) is 0 Å². The number of likely N-dealkylation sites (tertiary alicyclic amines) is 1. The van der Waals surface area contributed by atoms with E-state index < -0.39 is 17.7 Å². The third-order valence-electron chi connectivity index (χ3n) is 4.86. The highest BCUT2D eigenvalue weighted by molar-refractivity contribution is 6.46. The number of benzene rings is 1. The maximum Gasteiger partial charge on any atom is 0.295 e. The van der Waals surface area contributed by atoms with E-state index in [-0.39, 0.29) is 17.4 Å². The lowest BCUT2D eigenvalue weighted by atomic mass is 9.99. The van der Waals surface area contributed by atoms with Gasteiger partial charge in [-0.25, -0.2) is 0 Å². The molecule has 7 nitrogen and oxygen atoms in total. The summed E-state index contributed by atoms with van der Waals surface area (Å²) in [4.78, 5) is 29.1. The molecule has 1 atom stereocenters. The lowest BCUT2D eigenvalue weighted by Gasteiger charge is -2.24. The molecule has 2 heterocycles. The number of rotatable bonds is 7. The monoisotopic (exact) mass is 412 g/mol. The Kier molecular flexibility index (Phi) is 6.31. The number of carbonyl (C=O) groups is 2. The van der Waals surface area contributed by atoms with Gasteiger partial charge in [-0.2, -0.15) is 0 Å². The van der Waals surface area contributed by atoms with Crippen LogP contribution < -0.4 is 4.74 Å². The van der Waals surface area contributed by atoms with Gasteiger partial charge in [-0.15, -0.1) is 0 Å². The van der Waals surface area contributed by atoms with Crippen molar-refractivity contribution in [1.29, 1.82) is 0 Å². The van der Waals surface area contributed by atoms with Gasteiger partial charge in [0.05, 0.1) is 11.7 Å². The molecular weight excluding hydrogens is 384 g/mol. The summed E-state index contributed by atoms with van der Waals surface area (Å²) in [6.07, 6.45) is 0.0219. The smallest absolute Gasteiger partial charge is 0.295 e. The van der Waals surface area contributed by atoms with E-state index in [0.717, 1.165) is 0 Å². The van der Waals surface area contributed by atoms with Crippen molar-refractivity contribution in [3.05, 3.63) is 59.1 Å². The molecule has 1 N–H and O–H groups in total. The highest BCUT2D eigenvalue weighted by Gasteiger charge is 2.47. The van der Waals surface area contributed by atoms with Crippen molar-refractivity contribution in [1.82, 2.24) is 9.80 Å². The SMILES string of the molecule is Cc1ccc([C@H]2C(=C(O)c3ccc(OC(C)C)cc3)C(=O)C(=O)N2CCN(C)C)o1. The Bertz CT molecular complexity index is 956. The third kappa shape index (κ3) is 4.41. The molecule has 2 aromatic rings. The summed E-state index contributed by atoms with van der Waals surface area (Å²) in [6.45, 7) is 6.55. The van der Waals surface area contributed by atoms with E-state index in [1.807, 2.05) is 32.8 Å². The number of nitrogens with zero attached hydrogens (tertiary/aromatic N) is 2. The molecule has 30 heavy (non-hydrogen) atoms. The van der Waals surface area contributed by atoms with Gasteiger partial charge in [0.15, 0.2) is 0 Å². The summed E-state index contributed by atoms with van der Waals surface area (Å²) >= 11 is 0. The predicted molar refractivity (Wildman–Crippen MR) is 113 cm³/mol. The van der Waals surface area contributed by atoms with Gasteiger partial charge in [-0.3, -0.25) is 9.59 Å². The van der Waals surface area contributed by atoms with Crippen LogP contribution in [0.4, 0.5) is 0 Å². The molecule has 1 aromatic carbocycles. The number of Topliss-reactive ketones (excluding diaryl/α,β-unsaturated/α-hetero) is 1. The van der Waals surface area contributed by atoms with Crippen LogP contribution in [0.15, 0.2) is 46.4 Å². The molecule has 0 saturated carbocycles. The van der Waals surface area contributed by atoms with Crippen LogP contribution in [0.3, 0.4) is 0 Å². The molecule has 7 heteroatoms. The van der Waals surface area contributed by atoms with Crippen molar-refractivity contribution < 1.29 is 23.8 Å². The zero-order valence-corrected chi connectivity index (χ0v) is 18.0. The average molecular weight is 412 g/mol. The maximum absolute atomic E-state index is 12.9. The molecule has 1 fully saturated rings. The highest BCUT2D eigenvalue weighted by Crippen LogP contribution is 2.40. The molecule has 3 rings (SSSR count). The number of aliphatic hydroxyl groups excluding tert-OH is 1. The van der Waals surface area contributed by atoms with Crippen molar-refractivity contribution in [2.24, 2.45) is 0 Å². The predicted octanol–water partition coefficient (Wildman–Crippen LogP) is 3.36. The topological polar surface area (TPSA) is 83.2 Å². The number of aliphatic hydroxyl groups is 1. The van der Waals surface area contributed by atoms with Gasteiger partial charge in [0.2, 0.25) is 0 Å². The molecule has 0 bridgehead atoms. The minimum Gasteiger partial charge on any atom is -0.507 e. The van der Waals surface area contributed by atoms with Gasteiger partial charge >= 0.3 is 0 Å². The molecular formula is C23H28N2O5. The number of hydrogen-bond acceptors (Lipinski definition) is 6. The number of ether oxygens (including phenoxy) is 1. The van der Waals surface area contributed by atoms with Gasteiger partial charge in [-0.05, 0) is 71.3 Å². The number of ketones is 1. The Labute approximate surface area is 176 Å². The minimum absolute atomic E-state index is 0.0219. The van der Waals surface area contributed by atoms with E-state index in [1.165, 1.54) is 4.90 Å². The largest absolute Gasteiger partial charge is 0.507 e. The minimum atomic E-state index is -0.773. The molecule has 160 valence electrons.